The first-order chi connectivity index (χ1) is 15.1. The van der Waals surface area contributed by atoms with Crippen molar-refractivity contribution in [1.29, 1.82) is 0 Å². The van der Waals surface area contributed by atoms with Gasteiger partial charge in [-0.3, -0.25) is 9.69 Å². The molecule has 172 valence electrons. The van der Waals surface area contributed by atoms with Gasteiger partial charge in [-0.15, -0.1) is 13.2 Å². The minimum absolute atomic E-state index is 0.211. The number of ether oxygens (including phenoxy) is 2. The normalized spacial score (nSPS) is 15.9. The van der Waals surface area contributed by atoms with Crippen LogP contribution in [0.5, 0.6) is 5.75 Å². The second-order valence-electron chi connectivity index (χ2n) is 7.54. The third-order valence-electron chi connectivity index (χ3n) is 5.42. The van der Waals surface area contributed by atoms with Crippen molar-refractivity contribution in [3.8, 4) is 5.75 Å². The van der Waals surface area contributed by atoms with Crippen LogP contribution in [-0.4, -0.2) is 37.6 Å². The topological polar surface area (TPSA) is 59.1 Å². The van der Waals surface area contributed by atoms with Gasteiger partial charge in [0.15, 0.2) is 0 Å². The molecular weight excluding hydrogens is 425 g/mol. The molecule has 2 aromatic carbocycles. The summed E-state index contributed by atoms with van der Waals surface area (Å²) in [5, 5.41) is 0. The van der Waals surface area contributed by atoms with E-state index in [2.05, 4.69) is 4.74 Å². The maximum absolute atomic E-state index is 13.3. The molecule has 1 heterocycles. The number of nitrogens with zero attached hydrogens (tertiary/aromatic N) is 2. The summed E-state index contributed by atoms with van der Waals surface area (Å²) in [7, 11) is 0. The molecule has 0 bridgehead atoms. The van der Waals surface area contributed by atoms with E-state index < -0.39 is 18.2 Å². The Bertz CT molecular complexity index is 1010. The van der Waals surface area contributed by atoms with Crippen molar-refractivity contribution in [2.24, 2.45) is 0 Å². The highest BCUT2D eigenvalue weighted by atomic mass is 19.4. The molecule has 2 amide bonds. The molecule has 32 heavy (non-hydrogen) atoms. The molecule has 0 radical (unpaired) electrons. The van der Waals surface area contributed by atoms with E-state index in [1.807, 2.05) is 32.9 Å². The zero-order valence-electron chi connectivity index (χ0n) is 18.3. The van der Waals surface area contributed by atoms with Crippen LogP contribution in [0.1, 0.15) is 41.8 Å². The minimum Gasteiger partial charge on any atom is -0.449 e. The maximum atomic E-state index is 13.3. The lowest BCUT2D eigenvalue weighted by Gasteiger charge is -2.42. The van der Waals surface area contributed by atoms with Gasteiger partial charge in [0.1, 0.15) is 5.75 Å². The van der Waals surface area contributed by atoms with Crippen LogP contribution in [0.2, 0.25) is 0 Å². The molecule has 1 aliphatic heterocycles. The average Bonchev–Trinajstić information content (AvgIpc) is 2.72. The summed E-state index contributed by atoms with van der Waals surface area (Å²) >= 11 is 0. The van der Waals surface area contributed by atoms with Gasteiger partial charge in [-0.25, -0.2) is 4.79 Å². The van der Waals surface area contributed by atoms with Crippen molar-refractivity contribution < 1.29 is 32.2 Å². The van der Waals surface area contributed by atoms with Gasteiger partial charge in [0.2, 0.25) is 0 Å². The number of benzene rings is 2. The third-order valence-corrected chi connectivity index (χ3v) is 5.42. The Balaban J connectivity index is 2.01. The predicted molar refractivity (Wildman–Crippen MR) is 114 cm³/mol. The van der Waals surface area contributed by atoms with Crippen LogP contribution in [0.3, 0.4) is 0 Å². The van der Waals surface area contributed by atoms with Crippen LogP contribution >= 0.6 is 0 Å². The molecule has 2 aromatic rings. The molecular formula is C23H25F3N2O4. The molecule has 0 aromatic heterocycles. The van der Waals surface area contributed by atoms with Crippen LogP contribution in [-0.2, 0) is 4.74 Å². The lowest BCUT2D eigenvalue weighted by molar-refractivity contribution is -0.274. The van der Waals surface area contributed by atoms with Gasteiger partial charge in [0.25, 0.3) is 5.91 Å². The van der Waals surface area contributed by atoms with Gasteiger partial charge in [-0.2, -0.15) is 0 Å². The molecule has 9 heteroatoms. The second-order valence-corrected chi connectivity index (χ2v) is 7.54. The number of fused-ring (bicyclic) bond motifs is 1. The van der Waals surface area contributed by atoms with E-state index in [0.29, 0.717) is 17.8 Å². The molecule has 1 unspecified atom stereocenters. The number of hydrogen-bond donors (Lipinski definition) is 0. The van der Waals surface area contributed by atoms with Crippen molar-refractivity contribution in [3.63, 3.8) is 0 Å². The van der Waals surface area contributed by atoms with Crippen molar-refractivity contribution in [1.82, 2.24) is 0 Å². The molecule has 0 aliphatic carbocycles. The Hall–Kier alpha value is -3.23. The Morgan fingerprint density at radius 3 is 2.16 bits per heavy atom. The molecule has 3 rings (SSSR count). The highest BCUT2D eigenvalue weighted by molar-refractivity contribution is 6.10. The number of anilines is 2. The largest absolute Gasteiger partial charge is 0.573 e. The lowest BCUT2D eigenvalue weighted by atomic mass is 9.99. The summed E-state index contributed by atoms with van der Waals surface area (Å²) in [6.45, 7) is 7.91. The van der Waals surface area contributed by atoms with Crippen LogP contribution in [0.4, 0.5) is 29.3 Å². The maximum Gasteiger partial charge on any atom is 0.573 e. The number of aryl methyl sites for hydroxylation is 2. The lowest BCUT2D eigenvalue weighted by Crippen LogP contribution is -2.53. The van der Waals surface area contributed by atoms with Crippen molar-refractivity contribution in [3.05, 3.63) is 53.1 Å². The molecule has 1 atom stereocenters. The molecule has 0 N–H and O–H groups in total. The number of halogens is 3. The van der Waals surface area contributed by atoms with E-state index in [0.717, 1.165) is 23.3 Å². The zero-order chi connectivity index (χ0) is 23.6. The Kier molecular flexibility index (Phi) is 6.66. The molecule has 0 fully saturated rings. The number of hydrogen-bond acceptors (Lipinski definition) is 4. The average molecular weight is 450 g/mol. The Morgan fingerprint density at radius 2 is 1.62 bits per heavy atom. The van der Waals surface area contributed by atoms with Crippen LogP contribution in [0.15, 0.2) is 36.4 Å². The van der Waals surface area contributed by atoms with Crippen LogP contribution < -0.4 is 14.5 Å². The molecule has 0 saturated heterocycles. The number of amides is 2. The van der Waals surface area contributed by atoms with Gasteiger partial charge in [-0.05, 0) is 74.7 Å². The SMILES string of the molecule is CCOC(=O)N1c2cc(C)c(C)cc2N(C(=O)c2ccc(OC(F)(F)F)cc2)CC1CC. The van der Waals surface area contributed by atoms with E-state index in [-0.39, 0.29) is 30.7 Å². The highest BCUT2D eigenvalue weighted by Gasteiger charge is 2.38. The smallest absolute Gasteiger partial charge is 0.449 e. The van der Waals surface area contributed by atoms with Crippen molar-refractivity contribution >= 4 is 23.4 Å². The second kappa shape index (κ2) is 9.10. The summed E-state index contributed by atoms with van der Waals surface area (Å²) in [5.41, 5.74) is 3.22. The molecule has 1 aliphatic rings. The monoisotopic (exact) mass is 450 g/mol. The fourth-order valence-electron chi connectivity index (χ4n) is 3.68. The van der Waals surface area contributed by atoms with Gasteiger partial charge in [0, 0.05) is 12.1 Å². The summed E-state index contributed by atoms with van der Waals surface area (Å²) in [6, 6.07) is 8.17. The Labute approximate surface area is 184 Å². The fraction of sp³-hybridized carbons (Fsp3) is 0.391. The highest BCUT2D eigenvalue weighted by Crippen LogP contribution is 2.39. The number of rotatable bonds is 4. The first-order valence-corrected chi connectivity index (χ1v) is 10.3. The third kappa shape index (κ3) is 4.81. The number of carbonyl (C=O) groups excluding carboxylic acids is 2. The van der Waals surface area contributed by atoms with Crippen LogP contribution in [0, 0.1) is 13.8 Å². The fourth-order valence-corrected chi connectivity index (χ4v) is 3.68. The van der Waals surface area contributed by atoms with Crippen LogP contribution in [0.25, 0.3) is 0 Å². The predicted octanol–water partition coefficient (Wildman–Crippen LogP) is 5.60. The van der Waals surface area contributed by atoms with Gasteiger partial charge in [0.05, 0.1) is 24.0 Å². The quantitative estimate of drug-likeness (QED) is 0.608. The van der Waals surface area contributed by atoms with Crippen molar-refractivity contribution in [2.75, 3.05) is 23.0 Å². The summed E-state index contributed by atoms with van der Waals surface area (Å²) in [5.74, 6) is -0.783. The van der Waals surface area contributed by atoms with E-state index in [4.69, 9.17) is 4.74 Å². The molecule has 0 saturated carbocycles. The van der Waals surface area contributed by atoms with E-state index in [9.17, 15) is 22.8 Å². The minimum atomic E-state index is -4.81. The zero-order valence-corrected chi connectivity index (χ0v) is 18.3. The molecule has 0 spiro atoms. The summed E-state index contributed by atoms with van der Waals surface area (Å²) in [4.78, 5) is 29.2. The van der Waals surface area contributed by atoms with E-state index >= 15 is 0 Å². The van der Waals surface area contributed by atoms with Gasteiger partial charge >= 0.3 is 12.5 Å². The summed E-state index contributed by atoms with van der Waals surface area (Å²) in [6.07, 6.45) is -4.71. The van der Waals surface area contributed by atoms with E-state index in [1.54, 1.807) is 16.7 Å². The standard InChI is InChI=1S/C23H25F3N2O4/c1-5-17-13-27(21(29)16-7-9-18(10-8-16)32-23(24,25)26)19-11-14(3)15(4)12-20(19)28(17)22(30)31-6-2/h7-12,17H,5-6,13H2,1-4H3. The first kappa shape index (κ1) is 23.4. The molecule has 6 nitrogen and oxygen atoms in total. The first-order valence-electron chi connectivity index (χ1n) is 10.3. The summed E-state index contributed by atoms with van der Waals surface area (Å²) < 4.78 is 46.4. The number of carbonyl (C=O) groups is 2. The van der Waals surface area contributed by atoms with Gasteiger partial charge in [-0.1, -0.05) is 6.92 Å². The van der Waals surface area contributed by atoms with Gasteiger partial charge < -0.3 is 14.4 Å². The van der Waals surface area contributed by atoms with E-state index in [1.165, 1.54) is 12.1 Å². The Morgan fingerprint density at radius 1 is 1.03 bits per heavy atom. The number of alkyl halides is 3. The van der Waals surface area contributed by atoms with Crippen molar-refractivity contribution in [2.45, 2.75) is 46.5 Å².